The third-order valence-corrected chi connectivity index (χ3v) is 11.2. The van der Waals surface area contributed by atoms with Crippen LogP contribution in [0.1, 0.15) is 55.2 Å². The van der Waals surface area contributed by atoms with E-state index < -0.39 is 96.6 Å². The first-order valence-electron chi connectivity index (χ1n) is 21.7. The molecule has 20 heteroatoms. The number of H-pyrrole nitrogens is 1. The zero-order valence-electron chi connectivity index (χ0n) is 36.2. The highest BCUT2D eigenvalue weighted by atomic mass is 16.4. The highest BCUT2D eigenvalue weighted by Crippen LogP contribution is 2.22. The van der Waals surface area contributed by atoms with Gasteiger partial charge in [0.2, 0.25) is 35.4 Å². The number of carboxylic acid groups (broad SMARTS) is 2. The first-order valence-corrected chi connectivity index (χ1v) is 21.7. The van der Waals surface area contributed by atoms with Crippen molar-refractivity contribution < 1.29 is 53.7 Å². The van der Waals surface area contributed by atoms with Crippen LogP contribution in [0.5, 0.6) is 5.75 Å². The molecule has 4 aromatic rings. The molecule has 0 unspecified atom stereocenters. The van der Waals surface area contributed by atoms with Gasteiger partial charge in [0.05, 0.1) is 19.0 Å². The van der Waals surface area contributed by atoms with E-state index in [2.05, 4.69) is 31.6 Å². The fourth-order valence-electron chi connectivity index (χ4n) is 7.70. The summed E-state index contributed by atoms with van der Waals surface area (Å²) in [5.74, 6) is -7.63. The summed E-state index contributed by atoms with van der Waals surface area (Å²) in [4.78, 5) is 111. The molecule has 1 aliphatic rings. The van der Waals surface area contributed by atoms with Gasteiger partial charge < -0.3 is 63.3 Å². The average molecular weight is 912 g/mol. The standard InChI is InChI=1S/C46H57N9O11/c47-19-7-6-12-32(48)41(60)50-26-39(57)55-20-8-14-38(55)45(64)53-35(23-29-25-49-33-13-5-4-11-31(29)33)43(62)51-34(21-27-9-2-1-3-10-27)42(61)52-36(24-40(58)59)44(63)54-37(46(65)66)22-28-15-17-30(56)18-16-28/h1-5,9-11,13,15-18,25,32,34-38,49,56H,6-8,12,14,19-24,26,47-48H2,(H,50,60)(H,51,62)(H,52,61)(H,53,64)(H,54,63)(H,58,59)(H,65,66)/t32-,34-,35-,36-,37-,38-/m0/s1. The third kappa shape index (κ3) is 14.3. The zero-order chi connectivity index (χ0) is 47.8. The van der Waals surface area contributed by atoms with Gasteiger partial charge in [0, 0.05) is 42.9 Å². The molecule has 2 heterocycles. The number of phenolic OH excluding ortho intramolecular Hbond substituents is 1. The Morgan fingerprint density at radius 3 is 2.00 bits per heavy atom. The molecule has 352 valence electrons. The number of carbonyl (C=O) groups excluding carboxylic acids is 6. The fraction of sp³-hybridized carbons (Fsp3) is 0.391. The lowest BCUT2D eigenvalue weighted by Crippen LogP contribution is -2.60. The Morgan fingerprint density at radius 1 is 0.712 bits per heavy atom. The van der Waals surface area contributed by atoms with Crippen molar-refractivity contribution in [3.8, 4) is 5.75 Å². The lowest BCUT2D eigenvalue weighted by molar-refractivity contribution is -0.143. The fourth-order valence-corrected chi connectivity index (χ4v) is 7.70. The number of likely N-dealkylation sites (tertiary alicyclic amines) is 1. The molecule has 6 atom stereocenters. The second kappa shape index (κ2) is 24.1. The quantitative estimate of drug-likeness (QED) is 0.0412. The zero-order valence-corrected chi connectivity index (χ0v) is 36.2. The van der Waals surface area contributed by atoms with Crippen molar-refractivity contribution in [3.63, 3.8) is 0 Å². The number of nitrogens with zero attached hydrogens (tertiary/aromatic N) is 1. The molecular formula is C46H57N9O11. The van der Waals surface area contributed by atoms with Gasteiger partial charge in [0.15, 0.2) is 0 Å². The second-order valence-corrected chi connectivity index (χ2v) is 16.2. The molecule has 5 rings (SSSR count). The number of hydrogen-bond acceptors (Lipinski definition) is 11. The number of rotatable bonds is 24. The van der Waals surface area contributed by atoms with Crippen LogP contribution in [0.15, 0.2) is 85.1 Å². The molecule has 13 N–H and O–H groups in total. The summed E-state index contributed by atoms with van der Waals surface area (Å²) < 4.78 is 0. The van der Waals surface area contributed by atoms with Crippen LogP contribution in [0.25, 0.3) is 10.9 Å². The number of amides is 6. The van der Waals surface area contributed by atoms with E-state index in [4.69, 9.17) is 11.5 Å². The van der Waals surface area contributed by atoms with Crippen molar-refractivity contribution in [3.05, 3.63) is 102 Å². The van der Waals surface area contributed by atoms with Crippen molar-refractivity contribution >= 4 is 58.3 Å². The monoisotopic (exact) mass is 911 g/mol. The number of aliphatic carboxylic acids is 2. The number of fused-ring (bicyclic) bond motifs is 1. The van der Waals surface area contributed by atoms with Crippen molar-refractivity contribution in [2.24, 2.45) is 11.5 Å². The lowest BCUT2D eigenvalue weighted by atomic mass is 10.0. The Kier molecular flexibility index (Phi) is 18.1. The Hall–Kier alpha value is -7.32. The van der Waals surface area contributed by atoms with E-state index in [0.29, 0.717) is 48.9 Å². The predicted octanol–water partition coefficient (Wildman–Crippen LogP) is -0.0366. The number of hydrogen-bond donors (Lipinski definition) is 11. The van der Waals surface area contributed by atoms with Gasteiger partial charge in [-0.05, 0) is 67.1 Å². The molecule has 20 nitrogen and oxygen atoms in total. The summed E-state index contributed by atoms with van der Waals surface area (Å²) in [6, 6.07) is 13.3. The van der Waals surface area contributed by atoms with Crippen LogP contribution in [0.2, 0.25) is 0 Å². The molecule has 0 bridgehead atoms. The van der Waals surface area contributed by atoms with Gasteiger partial charge in [-0.3, -0.25) is 33.6 Å². The van der Waals surface area contributed by atoms with Crippen LogP contribution in [-0.4, -0.2) is 128 Å². The minimum atomic E-state index is -1.80. The molecule has 1 fully saturated rings. The Labute approximate surface area is 380 Å². The van der Waals surface area contributed by atoms with Crippen LogP contribution in [0.4, 0.5) is 0 Å². The molecule has 0 aliphatic carbocycles. The van der Waals surface area contributed by atoms with Crippen LogP contribution < -0.4 is 38.1 Å². The smallest absolute Gasteiger partial charge is 0.326 e. The summed E-state index contributed by atoms with van der Waals surface area (Å²) in [5.41, 5.74) is 13.9. The topological polar surface area (TPSA) is 328 Å². The van der Waals surface area contributed by atoms with Crippen LogP contribution in [-0.2, 0) is 57.6 Å². The van der Waals surface area contributed by atoms with Gasteiger partial charge in [-0.25, -0.2) is 4.79 Å². The molecular weight excluding hydrogens is 855 g/mol. The summed E-state index contributed by atoms with van der Waals surface area (Å²) in [5, 5.41) is 42.7. The summed E-state index contributed by atoms with van der Waals surface area (Å²) in [6.07, 6.45) is 2.70. The van der Waals surface area contributed by atoms with Crippen molar-refractivity contribution in [1.82, 2.24) is 36.5 Å². The SMILES string of the molecule is NCCCC[C@H](N)C(=O)NCC(=O)N1CCC[C@H]1C(=O)N[C@@H](Cc1c[nH]c2ccccc12)C(=O)N[C@@H](Cc1ccccc1)C(=O)N[C@@H](CC(=O)O)C(=O)N[C@@H](Cc1ccc(O)cc1)C(=O)O. The second-order valence-electron chi connectivity index (χ2n) is 16.2. The Morgan fingerprint density at radius 2 is 1.32 bits per heavy atom. The number of aromatic amines is 1. The van der Waals surface area contributed by atoms with E-state index in [-0.39, 0.29) is 38.0 Å². The number of benzene rings is 3. The van der Waals surface area contributed by atoms with Crippen LogP contribution in [0, 0.1) is 0 Å². The van der Waals surface area contributed by atoms with Crippen LogP contribution in [0.3, 0.4) is 0 Å². The average Bonchev–Trinajstić information content (AvgIpc) is 3.96. The number of nitrogens with two attached hydrogens (primary N) is 2. The largest absolute Gasteiger partial charge is 0.508 e. The molecule has 1 saturated heterocycles. The van der Waals surface area contributed by atoms with Gasteiger partial charge in [0.1, 0.15) is 36.0 Å². The number of phenols is 1. The van der Waals surface area contributed by atoms with E-state index in [1.807, 2.05) is 18.2 Å². The summed E-state index contributed by atoms with van der Waals surface area (Å²) >= 11 is 0. The predicted molar refractivity (Wildman–Crippen MR) is 240 cm³/mol. The molecule has 0 radical (unpaired) electrons. The summed E-state index contributed by atoms with van der Waals surface area (Å²) in [7, 11) is 0. The third-order valence-electron chi connectivity index (χ3n) is 11.2. The molecule has 0 saturated carbocycles. The normalized spacial score (nSPS) is 15.7. The van der Waals surface area contributed by atoms with E-state index in [9.17, 15) is 53.7 Å². The Bertz CT molecular complexity index is 2340. The number of nitrogens with one attached hydrogen (secondary N) is 6. The maximum Gasteiger partial charge on any atom is 0.326 e. The molecule has 0 spiro atoms. The maximum absolute atomic E-state index is 14.5. The van der Waals surface area contributed by atoms with Crippen molar-refractivity contribution in [2.45, 2.75) is 94.0 Å². The number of aromatic nitrogens is 1. The molecule has 3 aromatic carbocycles. The lowest BCUT2D eigenvalue weighted by Gasteiger charge is -2.28. The first-order chi connectivity index (χ1) is 31.6. The van der Waals surface area contributed by atoms with E-state index >= 15 is 0 Å². The maximum atomic E-state index is 14.5. The van der Waals surface area contributed by atoms with Gasteiger partial charge in [-0.2, -0.15) is 0 Å². The molecule has 66 heavy (non-hydrogen) atoms. The van der Waals surface area contributed by atoms with E-state index in [1.54, 1.807) is 42.6 Å². The number of unbranched alkanes of at least 4 members (excludes halogenated alkanes) is 1. The summed E-state index contributed by atoms with van der Waals surface area (Å²) in [6.45, 7) is 0.263. The minimum Gasteiger partial charge on any atom is -0.508 e. The Balaban J connectivity index is 1.36. The minimum absolute atomic E-state index is 0.0647. The number of aromatic hydroxyl groups is 1. The number of carbonyl (C=O) groups is 8. The highest BCUT2D eigenvalue weighted by Gasteiger charge is 2.38. The first kappa shape index (κ1) is 49.7. The van der Waals surface area contributed by atoms with Crippen LogP contribution >= 0.6 is 0 Å². The molecule has 1 aromatic heterocycles. The van der Waals surface area contributed by atoms with Crippen molar-refractivity contribution in [1.29, 1.82) is 0 Å². The number of carboxylic acids is 2. The van der Waals surface area contributed by atoms with Gasteiger partial charge in [0.25, 0.3) is 0 Å². The van der Waals surface area contributed by atoms with Crippen molar-refractivity contribution in [2.75, 3.05) is 19.6 Å². The highest BCUT2D eigenvalue weighted by molar-refractivity contribution is 5.98. The van der Waals surface area contributed by atoms with E-state index in [0.717, 1.165) is 10.9 Å². The molecule has 1 aliphatic heterocycles. The number of para-hydroxylation sites is 1. The molecule has 6 amide bonds. The van der Waals surface area contributed by atoms with Gasteiger partial charge in [-0.1, -0.05) is 67.1 Å². The van der Waals surface area contributed by atoms with Gasteiger partial charge in [-0.15, -0.1) is 0 Å². The van der Waals surface area contributed by atoms with Gasteiger partial charge >= 0.3 is 11.9 Å². The van der Waals surface area contributed by atoms with E-state index in [1.165, 1.54) is 29.2 Å².